The lowest BCUT2D eigenvalue weighted by Crippen LogP contribution is -2.41. The molecule has 1 aromatic carbocycles. The van der Waals surface area contributed by atoms with Gasteiger partial charge in [-0.05, 0) is 30.7 Å². The third-order valence-corrected chi connectivity index (χ3v) is 4.91. The van der Waals surface area contributed by atoms with E-state index in [0.29, 0.717) is 31.5 Å². The van der Waals surface area contributed by atoms with Crippen LogP contribution in [0.1, 0.15) is 38.7 Å². The van der Waals surface area contributed by atoms with Crippen LogP contribution < -0.4 is 0 Å². The van der Waals surface area contributed by atoms with Crippen molar-refractivity contribution in [1.82, 2.24) is 9.80 Å². The third kappa shape index (κ3) is 4.16. The van der Waals surface area contributed by atoms with E-state index in [1.807, 2.05) is 28.0 Å². The van der Waals surface area contributed by atoms with Gasteiger partial charge >= 0.3 is 0 Å². The number of carbonyl (C=O) groups excluding carboxylic acids is 2. The Hall–Kier alpha value is -1.84. The summed E-state index contributed by atoms with van der Waals surface area (Å²) < 4.78 is 0. The highest BCUT2D eigenvalue weighted by Gasteiger charge is 2.40. The van der Waals surface area contributed by atoms with Crippen molar-refractivity contribution < 1.29 is 9.59 Å². The summed E-state index contributed by atoms with van der Waals surface area (Å²) in [6.07, 6.45) is 3.48. The van der Waals surface area contributed by atoms with Gasteiger partial charge in [-0.15, -0.1) is 0 Å². The number of likely N-dealkylation sites (tertiary alicyclic amines) is 1. The van der Waals surface area contributed by atoms with Gasteiger partial charge in [0.25, 0.3) is 0 Å². The van der Waals surface area contributed by atoms with Crippen LogP contribution in [0.5, 0.6) is 0 Å². The molecule has 1 unspecified atom stereocenters. The number of carbonyl (C=O) groups is 2. The van der Waals surface area contributed by atoms with Gasteiger partial charge in [0.05, 0.1) is 5.92 Å². The lowest BCUT2D eigenvalue weighted by atomic mass is 10.1. The molecule has 3 rings (SSSR count). The van der Waals surface area contributed by atoms with Crippen LogP contribution in [-0.2, 0) is 16.0 Å². The Morgan fingerprint density at radius 3 is 2.58 bits per heavy atom. The fourth-order valence-electron chi connectivity index (χ4n) is 3.50. The quantitative estimate of drug-likeness (QED) is 0.772. The number of benzene rings is 1. The van der Waals surface area contributed by atoms with Gasteiger partial charge in [0.15, 0.2) is 0 Å². The van der Waals surface area contributed by atoms with E-state index in [2.05, 4.69) is 26.0 Å². The number of hydrogen-bond acceptors (Lipinski definition) is 2. The Kier molecular flexibility index (Phi) is 5.22. The maximum Gasteiger partial charge on any atom is 0.228 e. The van der Waals surface area contributed by atoms with Crippen LogP contribution in [0, 0.1) is 11.8 Å². The second-order valence-electron chi connectivity index (χ2n) is 7.59. The zero-order valence-corrected chi connectivity index (χ0v) is 14.8. The normalized spacial score (nSPS) is 20.7. The van der Waals surface area contributed by atoms with Crippen LogP contribution in [0.3, 0.4) is 0 Å². The molecule has 2 fully saturated rings. The number of hydrogen-bond donors (Lipinski definition) is 0. The zero-order valence-electron chi connectivity index (χ0n) is 14.8. The first-order valence-corrected chi connectivity index (χ1v) is 9.16. The minimum atomic E-state index is -0.146. The van der Waals surface area contributed by atoms with E-state index in [1.165, 1.54) is 5.56 Å². The van der Waals surface area contributed by atoms with Gasteiger partial charge in [-0.2, -0.15) is 0 Å². The first-order valence-electron chi connectivity index (χ1n) is 9.16. The molecular formula is C20H28N2O2. The molecule has 24 heavy (non-hydrogen) atoms. The maximum atomic E-state index is 12.9. The molecule has 1 aliphatic heterocycles. The van der Waals surface area contributed by atoms with Crippen molar-refractivity contribution in [2.75, 3.05) is 19.6 Å². The van der Waals surface area contributed by atoms with Crippen LogP contribution in [0.2, 0.25) is 0 Å². The van der Waals surface area contributed by atoms with Gasteiger partial charge in [-0.25, -0.2) is 0 Å². The summed E-state index contributed by atoms with van der Waals surface area (Å²) in [6, 6.07) is 10.6. The summed E-state index contributed by atoms with van der Waals surface area (Å²) in [5.74, 6) is 0.653. The van der Waals surface area contributed by atoms with Crippen molar-refractivity contribution in [2.45, 2.75) is 45.6 Å². The molecule has 0 spiro atoms. The largest absolute Gasteiger partial charge is 0.342 e. The number of rotatable bonds is 7. The summed E-state index contributed by atoms with van der Waals surface area (Å²) in [6.45, 7) is 6.41. The van der Waals surface area contributed by atoms with E-state index in [9.17, 15) is 9.59 Å². The molecule has 4 nitrogen and oxygen atoms in total. The SMILES string of the molecule is CC(C)CN(C(=O)C1CC(=O)N(CCc2ccccc2)C1)C1CC1. The fraction of sp³-hybridized carbons (Fsp3) is 0.600. The van der Waals surface area contributed by atoms with Gasteiger partial charge < -0.3 is 9.80 Å². The van der Waals surface area contributed by atoms with Crippen molar-refractivity contribution in [3.8, 4) is 0 Å². The summed E-state index contributed by atoms with van der Waals surface area (Å²) in [4.78, 5) is 29.1. The minimum Gasteiger partial charge on any atom is -0.342 e. The van der Waals surface area contributed by atoms with Crippen LogP contribution >= 0.6 is 0 Å². The molecule has 0 aromatic heterocycles. The van der Waals surface area contributed by atoms with Crippen LogP contribution in [-0.4, -0.2) is 47.3 Å². The van der Waals surface area contributed by atoms with Gasteiger partial charge in [0, 0.05) is 32.1 Å². The molecule has 0 bridgehead atoms. The molecule has 0 radical (unpaired) electrons. The standard InChI is InChI=1S/C20H28N2O2/c1-15(2)13-22(18-8-9-18)20(24)17-12-19(23)21(14-17)11-10-16-6-4-3-5-7-16/h3-7,15,17-18H,8-14H2,1-2H3. The van der Waals surface area contributed by atoms with Crippen LogP contribution in [0.15, 0.2) is 30.3 Å². The molecule has 1 aromatic rings. The molecular weight excluding hydrogens is 300 g/mol. The molecule has 1 saturated carbocycles. The Morgan fingerprint density at radius 2 is 1.96 bits per heavy atom. The van der Waals surface area contributed by atoms with E-state index in [4.69, 9.17) is 0 Å². The smallest absolute Gasteiger partial charge is 0.228 e. The van der Waals surface area contributed by atoms with Crippen molar-refractivity contribution in [3.63, 3.8) is 0 Å². The average molecular weight is 328 g/mol. The third-order valence-electron chi connectivity index (χ3n) is 4.91. The van der Waals surface area contributed by atoms with E-state index < -0.39 is 0 Å². The molecule has 1 heterocycles. The van der Waals surface area contributed by atoms with E-state index in [-0.39, 0.29) is 17.7 Å². The minimum absolute atomic E-state index is 0.129. The van der Waals surface area contributed by atoms with E-state index >= 15 is 0 Å². The monoisotopic (exact) mass is 328 g/mol. The first kappa shape index (κ1) is 17.0. The average Bonchev–Trinajstić information content (AvgIpc) is 3.34. The summed E-state index contributed by atoms with van der Waals surface area (Å²) >= 11 is 0. The van der Waals surface area contributed by atoms with Crippen molar-refractivity contribution in [2.24, 2.45) is 11.8 Å². The molecule has 130 valence electrons. The lowest BCUT2D eigenvalue weighted by molar-refractivity contribution is -0.137. The highest BCUT2D eigenvalue weighted by molar-refractivity contribution is 5.89. The van der Waals surface area contributed by atoms with E-state index in [0.717, 1.165) is 25.8 Å². The van der Waals surface area contributed by atoms with Crippen LogP contribution in [0.4, 0.5) is 0 Å². The molecule has 1 aliphatic carbocycles. The Labute approximate surface area is 144 Å². The number of amides is 2. The topological polar surface area (TPSA) is 40.6 Å². The second kappa shape index (κ2) is 7.37. The summed E-state index contributed by atoms with van der Waals surface area (Å²) in [5.41, 5.74) is 1.24. The predicted molar refractivity (Wildman–Crippen MR) is 94.4 cm³/mol. The maximum absolute atomic E-state index is 12.9. The summed E-state index contributed by atoms with van der Waals surface area (Å²) in [7, 11) is 0. The predicted octanol–water partition coefficient (Wildman–Crippen LogP) is 2.72. The molecule has 2 amide bonds. The van der Waals surface area contributed by atoms with Gasteiger partial charge in [-0.3, -0.25) is 9.59 Å². The zero-order chi connectivity index (χ0) is 17.1. The van der Waals surface area contributed by atoms with Gasteiger partial charge in [-0.1, -0.05) is 44.2 Å². The van der Waals surface area contributed by atoms with Crippen LogP contribution in [0.25, 0.3) is 0 Å². The Bertz CT molecular complexity index is 581. The van der Waals surface area contributed by atoms with E-state index in [1.54, 1.807) is 0 Å². The number of nitrogens with zero attached hydrogens (tertiary/aromatic N) is 2. The van der Waals surface area contributed by atoms with Gasteiger partial charge in [0.2, 0.25) is 11.8 Å². The Balaban J connectivity index is 1.56. The second-order valence-corrected chi connectivity index (χ2v) is 7.59. The van der Waals surface area contributed by atoms with Crippen molar-refractivity contribution in [3.05, 3.63) is 35.9 Å². The van der Waals surface area contributed by atoms with Crippen molar-refractivity contribution in [1.29, 1.82) is 0 Å². The lowest BCUT2D eigenvalue weighted by Gasteiger charge is -2.27. The highest BCUT2D eigenvalue weighted by atomic mass is 16.2. The molecule has 1 atom stereocenters. The Morgan fingerprint density at radius 1 is 1.25 bits per heavy atom. The summed E-state index contributed by atoms with van der Waals surface area (Å²) in [5, 5.41) is 0. The first-order chi connectivity index (χ1) is 11.5. The molecule has 0 N–H and O–H groups in total. The molecule has 4 heteroatoms. The molecule has 1 saturated heterocycles. The highest BCUT2D eigenvalue weighted by Crippen LogP contribution is 2.31. The van der Waals surface area contributed by atoms with Gasteiger partial charge in [0.1, 0.15) is 0 Å². The molecule has 2 aliphatic rings. The fourth-order valence-corrected chi connectivity index (χ4v) is 3.50. The van der Waals surface area contributed by atoms with Crippen molar-refractivity contribution >= 4 is 11.8 Å².